The van der Waals surface area contributed by atoms with Gasteiger partial charge in [0.1, 0.15) is 0 Å². The monoisotopic (exact) mass is 162 g/mol. The first-order valence-electron chi connectivity index (χ1n) is 4.47. The van der Waals surface area contributed by atoms with Crippen molar-refractivity contribution in [2.75, 3.05) is 13.1 Å². The molecule has 0 aromatic rings. The molecular formula is C8H22N2O. The second-order valence-electron chi connectivity index (χ2n) is 2.45. The fourth-order valence-electron chi connectivity index (χ4n) is 0.512. The standard InChI is InChI=1S/C5H13N.C3H9NO/c1-2-3-4-5-6;1-2-3-4-5/h2-6H2,1H3;2-4H2,1H3. The van der Waals surface area contributed by atoms with Crippen LogP contribution in [0.5, 0.6) is 0 Å². The van der Waals surface area contributed by atoms with Crippen LogP contribution in [0.15, 0.2) is 0 Å². The predicted octanol–water partition coefficient (Wildman–Crippen LogP) is 0.593. The van der Waals surface area contributed by atoms with Crippen molar-refractivity contribution in [3.63, 3.8) is 0 Å². The molecule has 0 fully saturated rings. The van der Waals surface area contributed by atoms with Crippen LogP contribution in [-0.2, 0) is 0 Å². The topological polar surface area (TPSA) is 65.7 Å². The van der Waals surface area contributed by atoms with Gasteiger partial charge in [0.05, 0.1) is 6.54 Å². The van der Waals surface area contributed by atoms with E-state index in [0.717, 1.165) is 18.4 Å². The van der Waals surface area contributed by atoms with Gasteiger partial charge >= 0.3 is 0 Å². The van der Waals surface area contributed by atoms with Crippen molar-refractivity contribution in [3.8, 4) is 0 Å². The van der Waals surface area contributed by atoms with Crippen LogP contribution >= 0.6 is 0 Å². The van der Waals surface area contributed by atoms with Gasteiger partial charge in [-0.1, -0.05) is 26.7 Å². The first-order chi connectivity index (χ1) is 5.33. The first-order valence-corrected chi connectivity index (χ1v) is 4.47. The SMILES string of the molecule is CCCCCN.CCC[NH2+][O-]. The van der Waals surface area contributed by atoms with Gasteiger partial charge in [0.25, 0.3) is 0 Å². The summed E-state index contributed by atoms with van der Waals surface area (Å²) in [4.78, 5) is 0. The Morgan fingerprint density at radius 2 is 1.82 bits per heavy atom. The summed E-state index contributed by atoms with van der Waals surface area (Å²) >= 11 is 0. The molecule has 11 heavy (non-hydrogen) atoms. The van der Waals surface area contributed by atoms with E-state index in [1.54, 1.807) is 0 Å². The maximum Gasteiger partial charge on any atom is 0.0749 e. The number of unbranched alkanes of at least 4 members (excludes halogenated alkanes) is 2. The third-order valence-electron chi connectivity index (χ3n) is 1.21. The second kappa shape index (κ2) is 16.5. The molecule has 0 saturated heterocycles. The summed E-state index contributed by atoms with van der Waals surface area (Å²) in [5.41, 5.74) is 6.15. The van der Waals surface area contributed by atoms with Crippen LogP contribution < -0.4 is 11.2 Å². The van der Waals surface area contributed by atoms with E-state index in [0.29, 0.717) is 6.54 Å². The van der Waals surface area contributed by atoms with E-state index in [9.17, 15) is 5.21 Å². The minimum atomic E-state index is 0.708. The van der Waals surface area contributed by atoms with E-state index < -0.39 is 0 Å². The molecule has 0 saturated carbocycles. The highest BCUT2D eigenvalue weighted by molar-refractivity contribution is 4.34. The fourth-order valence-corrected chi connectivity index (χ4v) is 0.512. The van der Waals surface area contributed by atoms with Gasteiger partial charge < -0.3 is 16.4 Å². The quantitative estimate of drug-likeness (QED) is 0.459. The molecule has 0 aromatic carbocycles. The molecule has 0 aliphatic rings. The second-order valence-corrected chi connectivity index (χ2v) is 2.45. The third kappa shape index (κ3) is 25.8. The normalized spacial score (nSPS) is 8.73. The minimum Gasteiger partial charge on any atom is -0.636 e. The number of hydroxylamine groups is 1. The van der Waals surface area contributed by atoms with Gasteiger partial charge in [-0.05, 0) is 19.4 Å². The average Bonchev–Trinajstić information content (AvgIpc) is 2.04. The molecule has 4 N–H and O–H groups in total. The third-order valence-corrected chi connectivity index (χ3v) is 1.21. The zero-order valence-corrected chi connectivity index (χ0v) is 7.81. The van der Waals surface area contributed by atoms with Crippen LogP contribution in [0.3, 0.4) is 0 Å². The molecule has 3 heteroatoms. The Hall–Kier alpha value is -0.120. The van der Waals surface area contributed by atoms with Crippen LogP contribution in [0.4, 0.5) is 0 Å². The van der Waals surface area contributed by atoms with Crippen molar-refractivity contribution < 1.29 is 5.48 Å². The van der Waals surface area contributed by atoms with Crippen molar-refractivity contribution in [2.24, 2.45) is 5.73 Å². The minimum absolute atomic E-state index is 0.708. The van der Waals surface area contributed by atoms with Crippen LogP contribution in [0.25, 0.3) is 0 Å². The molecular weight excluding hydrogens is 140 g/mol. The van der Waals surface area contributed by atoms with Gasteiger partial charge in [0.15, 0.2) is 0 Å². The van der Waals surface area contributed by atoms with E-state index in [-0.39, 0.29) is 0 Å². The van der Waals surface area contributed by atoms with Gasteiger partial charge in [-0.3, -0.25) is 0 Å². The van der Waals surface area contributed by atoms with Crippen molar-refractivity contribution in [1.29, 1.82) is 0 Å². The number of hydrogen-bond donors (Lipinski definition) is 2. The highest BCUT2D eigenvalue weighted by Gasteiger charge is 1.75. The molecule has 0 heterocycles. The smallest absolute Gasteiger partial charge is 0.0749 e. The summed E-state index contributed by atoms with van der Waals surface area (Å²) in [6.45, 7) is 5.72. The molecule has 0 unspecified atom stereocenters. The molecule has 0 rings (SSSR count). The Kier molecular flexibility index (Phi) is 20.2. The molecule has 0 amide bonds. The van der Waals surface area contributed by atoms with Crippen LogP contribution in [0, 0.1) is 5.21 Å². The zero-order valence-electron chi connectivity index (χ0n) is 7.81. The predicted molar refractivity (Wildman–Crippen MR) is 49.0 cm³/mol. The lowest BCUT2D eigenvalue weighted by Gasteiger charge is -1.93. The first kappa shape index (κ1) is 13.5. The van der Waals surface area contributed by atoms with E-state index in [1.165, 1.54) is 19.3 Å². The summed E-state index contributed by atoms with van der Waals surface area (Å²) in [6.07, 6.45) is 4.73. The molecule has 0 atom stereocenters. The van der Waals surface area contributed by atoms with Gasteiger partial charge in [-0.15, -0.1) is 0 Å². The van der Waals surface area contributed by atoms with E-state index in [2.05, 4.69) is 6.92 Å². The lowest BCUT2D eigenvalue weighted by Crippen LogP contribution is -2.77. The molecule has 0 aliphatic carbocycles. The summed E-state index contributed by atoms with van der Waals surface area (Å²) in [6, 6.07) is 0. The highest BCUT2D eigenvalue weighted by atomic mass is 16.5. The fraction of sp³-hybridized carbons (Fsp3) is 1.00. The number of rotatable bonds is 5. The van der Waals surface area contributed by atoms with Crippen LogP contribution in [0.1, 0.15) is 39.5 Å². The molecule has 0 aromatic heterocycles. The van der Waals surface area contributed by atoms with Gasteiger partial charge in [0.2, 0.25) is 0 Å². The Bertz CT molecular complexity index is 45.4. The van der Waals surface area contributed by atoms with Crippen molar-refractivity contribution in [2.45, 2.75) is 39.5 Å². The average molecular weight is 162 g/mol. The Morgan fingerprint density at radius 1 is 1.18 bits per heavy atom. The Morgan fingerprint density at radius 3 is 1.91 bits per heavy atom. The van der Waals surface area contributed by atoms with Crippen LogP contribution in [-0.4, -0.2) is 13.1 Å². The lowest BCUT2D eigenvalue weighted by molar-refractivity contribution is -0.588. The van der Waals surface area contributed by atoms with E-state index in [1.807, 2.05) is 6.92 Å². The molecule has 3 nitrogen and oxygen atoms in total. The van der Waals surface area contributed by atoms with Gasteiger partial charge in [-0.2, -0.15) is 0 Å². The molecule has 0 spiro atoms. The molecule has 70 valence electrons. The van der Waals surface area contributed by atoms with Crippen molar-refractivity contribution >= 4 is 0 Å². The van der Waals surface area contributed by atoms with Gasteiger partial charge in [0, 0.05) is 0 Å². The van der Waals surface area contributed by atoms with Crippen molar-refractivity contribution in [3.05, 3.63) is 5.21 Å². The van der Waals surface area contributed by atoms with Crippen LogP contribution in [0.2, 0.25) is 0 Å². The summed E-state index contributed by atoms with van der Waals surface area (Å²) < 4.78 is 0. The zero-order chi connectivity index (χ0) is 8.95. The van der Waals surface area contributed by atoms with Crippen molar-refractivity contribution in [1.82, 2.24) is 0 Å². The Balaban J connectivity index is 0. The Labute approximate surface area is 69.9 Å². The molecule has 0 bridgehead atoms. The maximum absolute atomic E-state index is 9.40. The number of quaternary nitrogens is 1. The highest BCUT2D eigenvalue weighted by Crippen LogP contribution is 1.88. The molecule has 0 aliphatic heterocycles. The number of hydrogen-bond acceptors (Lipinski definition) is 2. The number of nitrogens with two attached hydrogens (primary N) is 2. The summed E-state index contributed by atoms with van der Waals surface area (Å²) in [5, 5.41) is 9.40. The van der Waals surface area contributed by atoms with Gasteiger partial charge in [-0.25, -0.2) is 0 Å². The lowest BCUT2D eigenvalue weighted by atomic mass is 10.3. The van der Waals surface area contributed by atoms with E-state index in [4.69, 9.17) is 5.73 Å². The molecule has 0 radical (unpaired) electrons. The summed E-state index contributed by atoms with van der Waals surface area (Å²) in [5.74, 6) is 0. The summed E-state index contributed by atoms with van der Waals surface area (Å²) in [7, 11) is 0. The largest absolute Gasteiger partial charge is 0.636 e. The van der Waals surface area contributed by atoms with E-state index >= 15 is 0 Å². The maximum atomic E-state index is 9.40.